The van der Waals surface area contributed by atoms with Gasteiger partial charge in [0.15, 0.2) is 0 Å². The second-order valence-electron chi connectivity index (χ2n) is 7.28. The normalized spacial score (nSPS) is 17.4. The Morgan fingerprint density at radius 2 is 1.89 bits per heavy atom. The van der Waals surface area contributed by atoms with Crippen LogP contribution in [0.3, 0.4) is 0 Å². The summed E-state index contributed by atoms with van der Waals surface area (Å²) in [6, 6.07) is 9.70. The molecule has 0 radical (unpaired) electrons. The van der Waals surface area contributed by atoms with Crippen molar-refractivity contribution in [2.75, 3.05) is 25.4 Å². The standard InChI is InChI=1S/C20H28N4O3S/c1-3-28(26,27)24-13-10-20(11-14-24,18-7-5-4-6-8-18)19(25)21-12-9-17-15-22-23(2)16-17/h4-8,15-16H,3,9-14H2,1-2H3,(H,21,25). The molecule has 0 unspecified atom stereocenters. The van der Waals surface area contributed by atoms with E-state index >= 15 is 0 Å². The van der Waals surface area contributed by atoms with E-state index in [0.717, 1.165) is 11.1 Å². The van der Waals surface area contributed by atoms with Crippen LogP contribution in [-0.2, 0) is 33.7 Å². The Labute approximate surface area is 166 Å². The fourth-order valence-electron chi connectivity index (χ4n) is 3.82. The van der Waals surface area contributed by atoms with Gasteiger partial charge in [-0.2, -0.15) is 5.10 Å². The number of piperidine rings is 1. The summed E-state index contributed by atoms with van der Waals surface area (Å²) in [4.78, 5) is 13.2. The number of rotatable bonds is 7. The Morgan fingerprint density at radius 3 is 2.46 bits per heavy atom. The van der Waals surface area contributed by atoms with E-state index in [9.17, 15) is 13.2 Å². The molecule has 1 saturated heterocycles. The third-order valence-electron chi connectivity index (χ3n) is 5.55. The Bertz CT molecular complexity index is 901. The number of hydrogen-bond acceptors (Lipinski definition) is 4. The Balaban J connectivity index is 1.73. The number of benzene rings is 1. The van der Waals surface area contributed by atoms with Gasteiger partial charge in [0, 0.05) is 32.9 Å². The number of nitrogens with one attached hydrogen (secondary N) is 1. The quantitative estimate of drug-likeness (QED) is 0.757. The van der Waals surface area contributed by atoms with Crippen molar-refractivity contribution in [3.05, 3.63) is 53.9 Å². The number of hydrogen-bond donors (Lipinski definition) is 1. The molecule has 28 heavy (non-hydrogen) atoms. The molecule has 1 aromatic carbocycles. The summed E-state index contributed by atoms with van der Waals surface area (Å²) in [7, 11) is -1.37. The highest BCUT2D eigenvalue weighted by Crippen LogP contribution is 2.36. The molecule has 0 spiro atoms. The molecule has 2 heterocycles. The zero-order valence-electron chi connectivity index (χ0n) is 16.5. The minimum atomic E-state index is -3.24. The van der Waals surface area contributed by atoms with Crippen molar-refractivity contribution >= 4 is 15.9 Å². The van der Waals surface area contributed by atoms with Crippen molar-refractivity contribution in [2.24, 2.45) is 7.05 Å². The van der Waals surface area contributed by atoms with Gasteiger partial charge in [-0.1, -0.05) is 30.3 Å². The number of sulfonamides is 1. The maximum absolute atomic E-state index is 13.2. The third kappa shape index (κ3) is 4.28. The molecule has 1 aliphatic rings. The van der Waals surface area contributed by atoms with Gasteiger partial charge in [-0.25, -0.2) is 12.7 Å². The monoisotopic (exact) mass is 404 g/mol. The lowest BCUT2D eigenvalue weighted by molar-refractivity contribution is -0.128. The van der Waals surface area contributed by atoms with Gasteiger partial charge in [-0.3, -0.25) is 9.48 Å². The van der Waals surface area contributed by atoms with Crippen molar-refractivity contribution in [3.63, 3.8) is 0 Å². The summed E-state index contributed by atoms with van der Waals surface area (Å²) in [6.07, 6.45) is 5.41. The lowest BCUT2D eigenvalue weighted by Crippen LogP contribution is -2.53. The summed E-state index contributed by atoms with van der Waals surface area (Å²) in [5.74, 6) is 0.0546. The average Bonchev–Trinajstić information content (AvgIpc) is 3.13. The largest absolute Gasteiger partial charge is 0.355 e. The molecule has 3 rings (SSSR count). The van der Waals surface area contributed by atoms with Gasteiger partial charge in [0.05, 0.1) is 17.4 Å². The number of carbonyl (C=O) groups is 1. The van der Waals surface area contributed by atoms with Crippen LogP contribution in [0.1, 0.15) is 30.9 Å². The summed E-state index contributed by atoms with van der Waals surface area (Å²) in [5, 5.41) is 7.22. The van der Waals surface area contributed by atoms with Gasteiger partial charge < -0.3 is 5.32 Å². The number of amides is 1. The molecule has 1 aromatic heterocycles. The average molecular weight is 405 g/mol. The molecule has 0 atom stereocenters. The van der Waals surface area contributed by atoms with Gasteiger partial charge in [0.2, 0.25) is 15.9 Å². The SMILES string of the molecule is CCS(=O)(=O)N1CCC(C(=O)NCCc2cnn(C)c2)(c2ccccc2)CC1. The zero-order valence-corrected chi connectivity index (χ0v) is 17.3. The predicted octanol–water partition coefficient (Wildman–Crippen LogP) is 1.46. The molecule has 1 fully saturated rings. The number of aromatic nitrogens is 2. The molecular formula is C20H28N4O3S. The van der Waals surface area contributed by atoms with E-state index in [1.54, 1.807) is 17.8 Å². The van der Waals surface area contributed by atoms with Crippen LogP contribution < -0.4 is 5.32 Å². The molecule has 2 aromatic rings. The highest BCUT2D eigenvalue weighted by atomic mass is 32.2. The highest BCUT2D eigenvalue weighted by Gasteiger charge is 2.44. The lowest BCUT2D eigenvalue weighted by atomic mass is 9.72. The maximum atomic E-state index is 13.2. The van der Waals surface area contributed by atoms with Crippen molar-refractivity contribution < 1.29 is 13.2 Å². The van der Waals surface area contributed by atoms with Crippen LogP contribution in [0.5, 0.6) is 0 Å². The van der Waals surface area contributed by atoms with Crippen molar-refractivity contribution in [1.82, 2.24) is 19.4 Å². The smallest absolute Gasteiger partial charge is 0.230 e. The Hall–Kier alpha value is -2.19. The summed E-state index contributed by atoms with van der Waals surface area (Å²) >= 11 is 0. The van der Waals surface area contributed by atoms with E-state index in [2.05, 4.69) is 10.4 Å². The third-order valence-corrected chi connectivity index (χ3v) is 7.43. The second-order valence-corrected chi connectivity index (χ2v) is 9.53. The van der Waals surface area contributed by atoms with E-state index in [4.69, 9.17) is 0 Å². The summed E-state index contributed by atoms with van der Waals surface area (Å²) < 4.78 is 27.7. The van der Waals surface area contributed by atoms with Crippen LogP contribution in [0.15, 0.2) is 42.7 Å². The molecule has 1 N–H and O–H groups in total. The molecule has 0 bridgehead atoms. The minimum Gasteiger partial charge on any atom is -0.355 e. The number of nitrogens with zero attached hydrogens (tertiary/aromatic N) is 3. The molecule has 1 aliphatic heterocycles. The van der Waals surface area contributed by atoms with E-state index in [1.807, 2.05) is 43.6 Å². The van der Waals surface area contributed by atoms with Crippen molar-refractivity contribution in [3.8, 4) is 0 Å². The maximum Gasteiger partial charge on any atom is 0.230 e. The topological polar surface area (TPSA) is 84.3 Å². The van der Waals surface area contributed by atoms with Crippen LogP contribution >= 0.6 is 0 Å². The Morgan fingerprint density at radius 1 is 1.21 bits per heavy atom. The summed E-state index contributed by atoms with van der Waals surface area (Å²) in [6.45, 7) is 2.90. The van der Waals surface area contributed by atoms with E-state index in [-0.39, 0.29) is 11.7 Å². The second kappa shape index (κ2) is 8.45. The van der Waals surface area contributed by atoms with Crippen LogP contribution in [0.25, 0.3) is 0 Å². The van der Waals surface area contributed by atoms with Gasteiger partial charge >= 0.3 is 0 Å². The summed E-state index contributed by atoms with van der Waals surface area (Å²) in [5.41, 5.74) is 1.32. The molecule has 0 aliphatic carbocycles. The molecule has 152 valence electrons. The predicted molar refractivity (Wildman–Crippen MR) is 108 cm³/mol. The van der Waals surface area contributed by atoms with Gasteiger partial charge in [-0.15, -0.1) is 0 Å². The van der Waals surface area contributed by atoms with Gasteiger partial charge in [-0.05, 0) is 37.3 Å². The van der Waals surface area contributed by atoms with Crippen LogP contribution in [0.4, 0.5) is 0 Å². The van der Waals surface area contributed by atoms with Crippen molar-refractivity contribution in [1.29, 1.82) is 0 Å². The first-order chi connectivity index (χ1) is 13.4. The molecule has 8 heteroatoms. The zero-order chi connectivity index (χ0) is 20.2. The van der Waals surface area contributed by atoms with Crippen molar-refractivity contribution in [2.45, 2.75) is 31.6 Å². The highest BCUT2D eigenvalue weighted by molar-refractivity contribution is 7.89. The van der Waals surface area contributed by atoms with Gasteiger partial charge in [0.1, 0.15) is 0 Å². The Kier molecular flexibility index (Phi) is 6.20. The number of aryl methyl sites for hydroxylation is 1. The van der Waals surface area contributed by atoms with Crippen LogP contribution in [-0.4, -0.2) is 53.8 Å². The van der Waals surface area contributed by atoms with E-state index in [0.29, 0.717) is 38.9 Å². The number of carbonyl (C=O) groups excluding carboxylic acids is 1. The molecule has 0 saturated carbocycles. The van der Waals surface area contributed by atoms with E-state index in [1.165, 1.54) is 4.31 Å². The first-order valence-electron chi connectivity index (χ1n) is 9.66. The fraction of sp³-hybridized carbons (Fsp3) is 0.500. The van der Waals surface area contributed by atoms with E-state index < -0.39 is 15.4 Å². The fourth-order valence-corrected chi connectivity index (χ4v) is 4.93. The van der Waals surface area contributed by atoms with Gasteiger partial charge in [0.25, 0.3) is 0 Å². The minimum absolute atomic E-state index is 0.0314. The lowest BCUT2D eigenvalue weighted by Gasteiger charge is -2.40. The molecule has 1 amide bonds. The first kappa shape index (κ1) is 20.5. The first-order valence-corrected chi connectivity index (χ1v) is 11.3. The molecule has 7 nitrogen and oxygen atoms in total. The van der Waals surface area contributed by atoms with Crippen LogP contribution in [0, 0.1) is 0 Å². The molecular weight excluding hydrogens is 376 g/mol. The van der Waals surface area contributed by atoms with Crippen LogP contribution in [0.2, 0.25) is 0 Å².